The highest BCUT2D eigenvalue weighted by molar-refractivity contribution is 8.00. The number of nitrogens with zero attached hydrogens (tertiary/aromatic N) is 1. The van der Waals surface area contributed by atoms with Crippen molar-refractivity contribution in [2.75, 3.05) is 19.6 Å². The van der Waals surface area contributed by atoms with Crippen molar-refractivity contribution >= 4 is 28.8 Å². The molecule has 1 heterocycles. The predicted molar refractivity (Wildman–Crippen MR) is 97.9 cm³/mol. The number of phenols is 1. The van der Waals surface area contributed by atoms with E-state index < -0.39 is 0 Å². The number of aromatic hydroxyl groups is 1. The SMILES string of the molecule is Oc1ccc(SC2CCN(CC3=CC=CCC3=S)CC2)cc1. The van der Waals surface area contributed by atoms with Crippen molar-refractivity contribution in [2.45, 2.75) is 29.4 Å². The molecule has 4 heteroatoms. The molecule has 2 aliphatic rings. The van der Waals surface area contributed by atoms with Crippen LogP contribution in [0.3, 0.4) is 0 Å². The molecule has 0 atom stereocenters. The number of hydrogen-bond donors (Lipinski definition) is 1. The average Bonchev–Trinajstić information content (AvgIpc) is 2.54. The van der Waals surface area contributed by atoms with Gasteiger partial charge in [-0.05, 0) is 55.8 Å². The lowest BCUT2D eigenvalue weighted by atomic mass is 10.0. The van der Waals surface area contributed by atoms with Crippen LogP contribution >= 0.6 is 24.0 Å². The Labute approximate surface area is 141 Å². The highest BCUT2D eigenvalue weighted by atomic mass is 32.2. The first-order valence-corrected chi connectivity index (χ1v) is 9.06. The van der Waals surface area contributed by atoms with Crippen LogP contribution in [0.15, 0.2) is 53.0 Å². The smallest absolute Gasteiger partial charge is 0.115 e. The number of hydrogen-bond acceptors (Lipinski definition) is 4. The summed E-state index contributed by atoms with van der Waals surface area (Å²) >= 11 is 7.38. The van der Waals surface area contributed by atoms with Crippen LogP contribution in [0.25, 0.3) is 0 Å². The fourth-order valence-electron chi connectivity index (χ4n) is 2.87. The minimum absolute atomic E-state index is 0.338. The molecule has 2 nitrogen and oxygen atoms in total. The minimum Gasteiger partial charge on any atom is -0.508 e. The van der Waals surface area contributed by atoms with E-state index in [-0.39, 0.29) is 0 Å². The summed E-state index contributed by atoms with van der Waals surface area (Å²) in [6.45, 7) is 3.28. The van der Waals surface area contributed by atoms with Gasteiger partial charge in [-0.25, -0.2) is 0 Å². The van der Waals surface area contributed by atoms with Gasteiger partial charge in [-0.2, -0.15) is 0 Å². The molecule has 1 saturated heterocycles. The molecular formula is C18H21NOS2. The van der Waals surface area contributed by atoms with Crippen molar-refractivity contribution in [3.8, 4) is 5.75 Å². The molecule has 1 aliphatic carbocycles. The van der Waals surface area contributed by atoms with Gasteiger partial charge in [0.1, 0.15) is 5.75 Å². The van der Waals surface area contributed by atoms with E-state index in [9.17, 15) is 5.11 Å². The first kappa shape index (κ1) is 15.8. The van der Waals surface area contributed by atoms with E-state index in [2.05, 4.69) is 23.1 Å². The third-order valence-corrected chi connectivity index (χ3v) is 5.94. The zero-order chi connectivity index (χ0) is 15.4. The Hall–Kier alpha value is -1.10. The molecule has 1 aliphatic heterocycles. The lowest BCUT2D eigenvalue weighted by Crippen LogP contribution is -2.37. The molecule has 1 fully saturated rings. The summed E-state index contributed by atoms with van der Waals surface area (Å²) in [6.07, 6.45) is 9.77. The molecule has 1 aromatic carbocycles. The summed E-state index contributed by atoms with van der Waals surface area (Å²) in [5.74, 6) is 0.338. The number of allylic oxidation sites excluding steroid dienone is 3. The molecule has 1 N–H and O–H groups in total. The zero-order valence-corrected chi connectivity index (χ0v) is 14.2. The van der Waals surface area contributed by atoms with E-state index in [0.29, 0.717) is 11.0 Å². The number of rotatable bonds is 4. The number of likely N-dealkylation sites (tertiary alicyclic amines) is 1. The average molecular weight is 332 g/mol. The van der Waals surface area contributed by atoms with Gasteiger partial charge in [0.25, 0.3) is 0 Å². The van der Waals surface area contributed by atoms with Crippen LogP contribution in [0.2, 0.25) is 0 Å². The summed E-state index contributed by atoms with van der Waals surface area (Å²) in [6, 6.07) is 7.54. The van der Waals surface area contributed by atoms with Crippen molar-refractivity contribution in [2.24, 2.45) is 0 Å². The highest BCUT2D eigenvalue weighted by Gasteiger charge is 2.21. The summed E-state index contributed by atoms with van der Waals surface area (Å²) in [4.78, 5) is 4.87. The zero-order valence-electron chi connectivity index (χ0n) is 12.6. The second-order valence-corrected chi connectivity index (χ2v) is 7.70. The standard InChI is InChI=1S/C18H21NOS2/c20-15-5-7-16(8-6-15)22-17-9-11-19(12-10-17)13-14-3-1-2-4-18(14)21/h1-3,5-8,17,20H,4,9-13H2. The van der Waals surface area contributed by atoms with Gasteiger partial charge in [0.2, 0.25) is 0 Å². The van der Waals surface area contributed by atoms with Gasteiger partial charge in [0, 0.05) is 28.0 Å². The molecule has 0 saturated carbocycles. The maximum Gasteiger partial charge on any atom is 0.115 e. The number of piperidine rings is 1. The summed E-state index contributed by atoms with van der Waals surface area (Å²) in [5, 5.41) is 10.0. The van der Waals surface area contributed by atoms with Crippen LogP contribution in [0.1, 0.15) is 19.3 Å². The van der Waals surface area contributed by atoms with Crippen LogP contribution in [-0.4, -0.2) is 39.8 Å². The molecular weight excluding hydrogens is 310 g/mol. The van der Waals surface area contributed by atoms with Gasteiger partial charge in [-0.15, -0.1) is 11.8 Å². The second-order valence-electron chi connectivity index (χ2n) is 5.83. The molecule has 0 radical (unpaired) electrons. The topological polar surface area (TPSA) is 23.5 Å². The monoisotopic (exact) mass is 331 g/mol. The van der Waals surface area contributed by atoms with Crippen LogP contribution in [0, 0.1) is 0 Å². The molecule has 3 rings (SSSR count). The Bertz CT molecular complexity index is 584. The van der Waals surface area contributed by atoms with E-state index in [1.165, 1.54) is 23.3 Å². The van der Waals surface area contributed by atoms with E-state index in [4.69, 9.17) is 12.2 Å². The van der Waals surface area contributed by atoms with Crippen LogP contribution in [-0.2, 0) is 0 Å². The third kappa shape index (κ3) is 4.22. The van der Waals surface area contributed by atoms with Gasteiger partial charge >= 0.3 is 0 Å². The van der Waals surface area contributed by atoms with Gasteiger partial charge < -0.3 is 5.11 Å². The van der Waals surface area contributed by atoms with Gasteiger partial charge in [0.15, 0.2) is 0 Å². The normalized spacial score (nSPS) is 20.2. The van der Waals surface area contributed by atoms with Gasteiger partial charge in [-0.3, -0.25) is 4.90 Å². The predicted octanol–water partition coefficient (Wildman–Crippen LogP) is 4.20. The molecule has 0 amide bonds. The van der Waals surface area contributed by atoms with Crippen molar-refractivity contribution in [3.05, 3.63) is 48.1 Å². The molecule has 116 valence electrons. The molecule has 22 heavy (non-hydrogen) atoms. The number of thiocarbonyl (C=S) groups is 1. The van der Waals surface area contributed by atoms with E-state index in [1.54, 1.807) is 12.1 Å². The Balaban J connectivity index is 1.48. The van der Waals surface area contributed by atoms with Crippen molar-refractivity contribution in [3.63, 3.8) is 0 Å². The summed E-state index contributed by atoms with van der Waals surface area (Å²) in [5.41, 5.74) is 1.32. The highest BCUT2D eigenvalue weighted by Crippen LogP contribution is 2.31. The largest absolute Gasteiger partial charge is 0.508 e. The number of phenolic OH excluding ortho intramolecular Hbond substituents is 1. The molecule has 1 aromatic rings. The van der Waals surface area contributed by atoms with Crippen molar-refractivity contribution in [1.82, 2.24) is 4.90 Å². The fraction of sp³-hybridized carbons (Fsp3) is 0.389. The van der Waals surface area contributed by atoms with E-state index in [1.807, 2.05) is 23.9 Å². The Morgan fingerprint density at radius 1 is 1.18 bits per heavy atom. The lowest BCUT2D eigenvalue weighted by molar-refractivity contribution is 0.253. The number of benzene rings is 1. The second kappa shape index (κ2) is 7.44. The fourth-order valence-corrected chi connectivity index (χ4v) is 4.22. The summed E-state index contributed by atoms with van der Waals surface area (Å²) < 4.78 is 0. The van der Waals surface area contributed by atoms with E-state index in [0.717, 1.165) is 30.9 Å². The van der Waals surface area contributed by atoms with Crippen LogP contribution in [0.5, 0.6) is 5.75 Å². The van der Waals surface area contributed by atoms with Crippen molar-refractivity contribution in [1.29, 1.82) is 0 Å². The molecule has 0 bridgehead atoms. The van der Waals surface area contributed by atoms with Crippen LogP contribution < -0.4 is 0 Å². The molecule has 0 unspecified atom stereocenters. The Morgan fingerprint density at radius 2 is 1.91 bits per heavy atom. The quantitative estimate of drug-likeness (QED) is 0.835. The maximum atomic E-state index is 9.34. The first-order valence-electron chi connectivity index (χ1n) is 7.77. The Morgan fingerprint density at radius 3 is 2.59 bits per heavy atom. The molecule has 0 spiro atoms. The molecule has 0 aromatic heterocycles. The summed E-state index contributed by atoms with van der Waals surface area (Å²) in [7, 11) is 0. The number of thioether (sulfide) groups is 1. The van der Waals surface area contributed by atoms with Crippen molar-refractivity contribution < 1.29 is 5.11 Å². The van der Waals surface area contributed by atoms with E-state index >= 15 is 0 Å². The Kier molecular flexibility index (Phi) is 5.34. The van der Waals surface area contributed by atoms with Gasteiger partial charge in [-0.1, -0.05) is 30.4 Å². The first-order chi connectivity index (χ1) is 10.7. The lowest BCUT2D eigenvalue weighted by Gasteiger charge is -2.32. The maximum absolute atomic E-state index is 9.34. The van der Waals surface area contributed by atoms with Gasteiger partial charge in [0.05, 0.1) is 0 Å². The van der Waals surface area contributed by atoms with Crippen LogP contribution in [0.4, 0.5) is 0 Å². The minimum atomic E-state index is 0.338. The third-order valence-electron chi connectivity index (χ3n) is 4.16.